The molecule has 108 valence electrons. The summed E-state index contributed by atoms with van der Waals surface area (Å²) < 4.78 is 18.3. The highest BCUT2D eigenvalue weighted by Crippen LogP contribution is 2.30. The zero-order valence-corrected chi connectivity index (χ0v) is 12.1. The van der Waals surface area contributed by atoms with Crippen molar-refractivity contribution >= 4 is 5.69 Å². The molecule has 0 aromatic heterocycles. The van der Waals surface area contributed by atoms with Gasteiger partial charge in [-0.15, -0.1) is 0 Å². The molecule has 3 nitrogen and oxygen atoms in total. The van der Waals surface area contributed by atoms with E-state index in [4.69, 9.17) is 10.00 Å². The summed E-state index contributed by atoms with van der Waals surface area (Å²) in [6.07, 6.45) is 0.842. The maximum atomic E-state index is 13.0. The third kappa shape index (κ3) is 3.51. The zero-order chi connectivity index (χ0) is 15.2. The van der Waals surface area contributed by atoms with E-state index in [0.717, 1.165) is 17.7 Å². The van der Waals surface area contributed by atoms with Gasteiger partial charge >= 0.3 is 0 Å². The fraction of sp³-hybridized carbons (Fsp3) is 0.235. The van der Waals surface area contributed by atoms with Crippen molar-refractivity contribution in [3.05, 3.63) is 59.4 Å². The second kappa shape index (κ2) is 6.76. The van der Waals surface area contributed by atoms with Gasteiger partial charge < -0.3 is 10.1 Å². The number of nitriles is 1. The van der Waals surface area contributed by atoms with Crippen molar-refractivity contribution in [2.45, 2.75) is 19.4 Å². The molecule has 0 heterocycles. The minimum absolute atomic E-state index is 0.0486. The average Bonchev–Trinajstić information content (AvgIpc) is 2.53. The Kier molecular flexibility index (Phi) is 4.78. The molecule has 2 aromatic rings. The van der Waals surface area contributed by atoms with Gasteiger partial charge in [0.05, 0.1) is 30.5 Å². The first-order valence-electron chi connectivity index (χ1n) is 6.78. The van der Waals surface area contributed by atoms with Crippen LogP contribution in [0.25, 0.3) is 0 Å². The molecule has 0 aliphatic heterocycles. The number of nitrogens with one attached hydrogen (secondary N) is 1. The van der Waals surface area contributed by atoms with Crippen LogP contribution in [0.5, 0.6) is 5.75 Å². The van der Waals surface area contributed by atoms with E-state index in [1.807, 2.05) is 6.07 Å². The van der Waals surface area contributed by atoms with Crippen LogP contribution in [0.15, 0.2) is 42.5 Å². The quantitative estimate of drug-likeness (QED) is 0.891. The molecule has 0 saturated carbocycles. The highest BCUT2D eigenvalue weighted by Gasteiger charge is 2.12. The number of nitrogens with zero attached hydrogens (tertiary/aromatic N) is 1. The van der Waals surface area contributed by atoms with Gasteiger partial charge in [0, 0.05) is 6.07 Å². The van der Waals surface area contributed by atoms with Crippen molar-refractivity contribution in [1.82, 2.24) is 0 Å². The molecule has 0 spiro atoms. The van der Waals surface area contributed by atoms with Crippen LogP contribution in [0.4, 0.5) is 10.1 Å². The lowest BCUT2D eigenvalue weighted by Gasteiger charge is -2.20. The summed E-state index contributed by atoms with van der Waals surface area (Å²) >= 11 is 0. The highest BCUT2D eigenvalue weighted by atomic mass is 19.1. The Morgan fingerprint density at radius 1 is 1.24 bits per heavy atom. The maximum absolute atomic E-state index is 13.0. The number of ether oxygens (including phenoxy) is 1. The summed E-state index contributed by atoms with van der Waals surface area (Å²) in [7, 11) is 1.57. The first kappa shape index (κ1) is 14.9. The summed E-state index contributed by atoms with van der Waals surface area (Å²) in [6, 6.07) is 13.8. The van der Waals surface area contributed by atoms with Crippen LogP contribution in [-0.4, -0.2) is 7.11 Å². The summed E-state index contributed by atoms with van der Waals surface area (Å²) in [5.74, 6) is 0.374. The summed E-state index contributed by atoms with van der Waals surface area (Å²) in [4.78, 5) is 0. The van der Waals surface area contributed by atoms with E-state index in [9.17, 15) is 4.39 Å². The summed E-state index contributed by atoms with van der Waals surface area (Å²) in [6.45, 7) is 2.05. The Labute approximate surface area is 124 Å². The van der Waals surface area contributed by atoms with E-state index in [0.29, 0.717) is 11.3 Å². The molecule has 0 aliphatic carbocycles. The Hall–Kier alpha value is -2.54. The van der Waals surface area contributed by atoms with Crippen LogP contribution in [0.2, 0.25) is 0 Å². The van der Waals surface area contributed by atoms with Gasteiger partial charge in [-0.1, -0.05) is 19.1 Å². The normalized spacial score (nSPS) is 11.5. The summed E-state index contributed by atoms with van der Waals surface area (Å²) in [5.41, 5.74) is 2.37. The highest BCUT2D eigenvalue weighted by molar-refractivity contribution is 5.60. The second-order valence-electron chi connectivity index (χ2n) is 4.68. The third-order valence-electron chi connectivity index (χ3n) is 3.34. The number of methoxy groups -OCH3 is 1. The van der Waals surface area contributed by atoms with E-state index < -0.39 is 0 Å². The van der Waals surface area contributed by atoms with E-state index >= 15 is 0 Å². The average molecular weight is 284 g/mol. The van der Waals surface area contributed by atoms with Gasteiger partial charge in [0.1, 0.15) is 11.6 Å². The SMILES string of the molecule is CCC(Nc1ccc(C#N)cc1OC)c1ccc(F)cc1. The van der Waals surface area contributed by atoms with Gasteiger partial charge in [-0.2, -0.15) is 5.26 Å². The van der Waals surface area contributed by atoms with Crippen LogP contribution in [0, 0.1) is 17.1 Å². The predicted octanol–water partition coefficient (Wildman–Crippen LogP) is 4.27. The first-order chi connectivity index (χ1) is 10.2. The van der Waals surface area contributed by atoms with Crippen LogP contribution >= 0.6 is 0 Å². The van der Waals surface area contributed by atoms with Crippen LogP contribution in [0.1, 0.15) is 30.5 Å². The van der Waals surface area contributed by atoms with Crippen molar-refractivity contribution in [2.75, 3.05) is 12.4 Å². The molecule has 0 aliphatic rings. The van der Waals surface area contributed by atoms with Crippen molar-refractivity contribution in [1.29, 1.82) is 5.26 Å². The van der Waals surface area contributed by atoms with Crippen molar-refractivity contribution in [3.63, 3.8) is 0 Å². The molecule has 1 N–H and O–H groups in total. The lowest BCUT2D eigenvalue weighted by atomic mass is 10.0. The van der Waals surface area contributed by atoms with Crippen LogP contribution in [-0.2, 0) is 0 Å². The van der Waals surface area contributed by atoms with E-state index in [1.165, 1.54) is 12.1 Å². The number of benzene rings is 2. The largest absolute Gasteiger partial charge is 0.495 e. The van der Waals surface area contributed by atoms with E-state index in [1.54, 1.807) is 31.4 Å². The fourth-order valence-electron chi connectivity index (χ4n) is 2.18. The minimum Gasteiger partial charge on any atom is -0.495 e. The van der Waals surface area contributed by atoms with Crippen molar-refractivity contribution in [3.8, 4) is 11.8 Å². The molecule has 21 heavy (non-hydrogen) atoms. The molecule has 0 fully saturated rings. The van der Waals surface area contributed by atoms with Crippen molar-refractivity contribution in [2.24, 2.45) is 0 Å². The standard InChI is InChI=1S/C17H17FN2O/c1-3-15(13-5-7-14(18)8-6-13)20-16-9-4-12(11-19)10-17(16)21-2/h4-10,15,20H,3H2,1-2H3. The molecule has 4 heteroatoms. The second-order valence-corrected chi connectivity index (χ2v) is 4.68. The predicted molar refractivity (Wildman–Crippen MR) is 80.8 cm³/mol. The molecular formula is C17H17FN2O. The molecule has 0 saturated heterocycles. The maximum Gasteiger partial charge on any atom is 0.143 e. The molecule has 0 amide bonds. The van der Waals surface area contributed by atoms with Gasteiger partial charge in [-0.05, 0) is 36.2 Å². The van der Waals surface area contributed by atoms with Gasteiger partial charge in [0.25, 0.3) is 0 Å². The van der Waals surface area contributed by atoms with Crippen LogP contribution in [0.3, 0.4) is 0 Å². The molecule has 1 atom stereocenters. The van der Waals surface area contributed by atoms with Gasteiger partial charge in [-0.3, -0.25) is 0 Å². The van der Waals surface area contributed by atoms with Crippen molar-refractivity contribution < 1.29 is 9.13 Å². The van der Waals surface area contributed by atoms with Gasteiger partial charge in [-0.25, -0.2) is 4.39 Å². The van der Waals surface area contributed by atoms with E-state index in [-0.39, 0.29) is 11.9 Å². The Balaban J connectivity index is 2.26. The first-order valence-corrected chi connectivity index (χ1v) is 6.78. The monoisotopic (exact) mass is 284 g/mol. The number of rotatable bonds is 5. The molecule has 0 bridgehead atoms. The Bertz CT molecular complexity index is 647. The minimum atomic E-state index is -0.246. The molecule has 1 unspecified atom stereocenters. The van der Waals surface area contributed by atoms with Crippen LogP contribution < -0.4 is 10.1 Å². The number of anilines is 1. The number of hydrogen-bond donors (Lipinski definition) is 1. The van der Waals surface area contributed by atoms with E-state index in [2.05, 4.69) is 18.3 Å². The number of hydrogen-bond acceptors (Lipinski definition) is 3. The molecule has 2 rings (SSSR count). The topological polar surface area (TPSA) is 45.0 Å². The zero-order valence-electron chi connectivity index (χ0n) is 12.1. The smallest absolute Gasteiger partial charge is 0.143 e. The molecule has 2 aromatic carbocycles. The van der Waals surface area contributed by atoms with Gasteiger partial charge in [0.2, 0.25) is 0 Å². The van der Waals surface area contributed by atoms with Gasteiger partial charge in [0.15, 0.2) is 0 Å². The number of halogens is 1. The lowest BCUT2D eigenvalue weighted by Crippen LogP contribution is -2.10. The molecule has 0 radical (unpaired) electrons. The lowest BCUT2D eigenvalue weighted by molar-refractivity contribution is 0.415. The fourth-order valence-corrected chi connectivity index (χ4v) is 2.18. The molecular weight excluding hydrogens is 267 g/mol. The Morgan fingerprint density at radius 3 is 2.52 bits per heavy atom. The Morgan fingerprint density at radius 2 is 1.95 bits per heavy atom. The third-order valence-corrected chi connectivity index (χ3v) is 3.34. The summed E-state index contributed by atoms with van der Waals surface area (Å²) in [5, 5.41) is 12.3.